The fraction of sp³-hybridized carbons (Fsp3) is 0.571. The minimum absolute atomic E-state index is 0.196. The highest BCUT2D eigenvalue weighted by molar-refractivity contribution is 6.30. The van der Waals surface area contributed by atoms with Crippen LogP contribution >= 0.6 is 11.6 Å². The van der Waals surface area contributed by atoms with Gasteiger partial charge in [-0.2, -0.15) is 0 Å². The summed E-state index contributed by atoms with van der Waals surface area (Å²) in [6.45, 7) is 6.28. The molecule has 0 amide bonds. The molecule has 102 valence electrons. The second-order valence-corrected chi connectivity index (χ2v) is 4.62. The van der Waals surface area contributed by atoms with Crippen molar-refractivity contribution in [1.29, 1.82) is 0 Å². The number of ether oxygens (including phenoxy) is 1. The molecule has 0 aliphatic rings. The van der Waals surface area contributed by atoms with Gasteiger partial charge in [0.15, 0.2) is 0 Å². The van der Waals surface area contributed by atoms with Gasteiger partial charge in [-0.05, 0) is 50.1 Å². The summed E-state index contributed by atoms with van der Waals surface area (Å²) in [5.74, 6) is -0.196. The fourth-order valence-corrected chi connectivity index (χ4v) is 2.09. The number of nitrogens with one attached hydrogen (secondary N) is 1. The van der Waals surface area contributed by atoms with Crippen molar-refractivity contribution >= 4 is 11.6 Å². The van der Waals surface area contributed by atoms with Gasteiger partial charge in [-0.3, -0.25) is 0 Å². The number of rotatable bonds is 8. The minimum atomic E-state index is -0.196. The van der Waals surface area contributed by atoms with Crippen LogP contribution in [0.2, 0.25) is 5.02 Å². The quantitative estimate of drug-likeness (QED) is 0.733. The van der Waals surface area contributed by atoms with Gasteiger partial charge in [0.25, 0.3) is 0 Å². The molecule has 18 heavy (non-hydrogen) atoms. The Bertz CT molecular complexity index is 360. The summed E-state index contributed by atoms with van der Waals surface area (Å²) in [4.78, 5) is 0. The Kier molecular flexibility index (Phi) is 7.25. The first-order valence-electron chi connectivity index (χ1n) is 6.42. The molecule has 2 nitrogen and oxygen atoms in total. The van der Waals surface area contributed by atoms with Crippen LogP contribution in [0.5, 0.6) is 0 Å². The first kappa shape index (κ1) is 15.4. The average Bonchev–Trinajstić information content (AvgIpc) is 2.34. The van der Waals surface area contributed by atoms with Crippen LogP contribution in [-0.2, 0) is 11.2 Å². The molecule has 0 aliphatic heterocycles. The van der Waals surface area contributed by atoms with E-state index in [0.717, 1.165) is 13.0 Å². The molecular weight excluding hydrogens is 253 g/mol. The normalized spacial score (nSPS) is 12.7. The van der Waals surface area contributed by atoms with Crippen LogP contribution < -0.4 is 5.32 Å². The van der Waals surface area contributed by atoms with Crippen molar-refractivity contribution in [3.8, 4) is 0 Å². The zero-order valence-corrected chi connectivity index (χ0v) is 11.8. The molecule has 0 aliphatic carbocycles. The second-order valence-electron chi connectivity index (χ2n) is 4.18. The molecule has 0 fully saturated rings. The Morgan fingerprint density at radius 2 is 2.17 bits per heavy atom. The zero-order valence-electron chi connectivity index (χ0n) is 11.0. The molecule has 1 rings (SSSR count). The van der Waals surface area contributed by atoms with Crippen LogP contribution in [0, 0.1) is 5.82 Å². The van der Waals surface area contributed by atoms with Crippen LogP contribution in [0.3, 0.4) is 0 Å². The summed E-state index contributed by atoms with van der Waals surface area (Å²) < 4.78 is 19.0. The van der Waals surface area contributed by atoms with Crippen molar-refractivity contribution in [2.45, 2.75) is 32.7 Å². The lowest BCUT2D eigenvalue weighted by Crippen LogP contribution is -2.32. The third-order valence-electron chi connectivity index (χ3n) is 2.78. The van der Waals surface area contributed by atoms with Gasteiger partial charge in [0.05, 0.1) is 0 Å². The number of hydrogen-bond acceptors (Lipinski definition) is 2. The van der Waals surface area contributed by atoms with Crippen molar-refractivity contribution in [2.75, 3.05) is 19.8 Å². The van der Waals surface area contributed by atoms with Gasteiger partial charge < -0.3 is 10.1 Å². The van der Waals surface area contributed by atoms with Crippen LogP contribution in [0.25, 0.3) is 0 Å². The molecule has 1 aromatic rings. The van der Waals surface area contributed by atoms with Crippen LogP contribution in [0.4, 0.5) is 4.39 Å². The van der Waals surface area contributed by atoms with Gasteiger partial charge in [0, 0.05) is 24.3 Å². The Morgan fingerprint density at radius 1 is 1.39 bits per heavy atom. The van der Waals surface area contributed by atoms with E-state index in [1.54, 1.807) is 12.1 Å². The molecule has 0 spiro atoms. The van der Waals surface area contributed by atoms with Gasteiger partial charge in [0.2, 0.25) is 0 Å². The molecule has 0 saturated carbocycles. The van der Waals surface area contributed by atoms with E-state index >= 15 is 0 Å². The highest BCUT2D eigenvalue weighted by Crippen LogP contribution is 2.17. The number of halogens is 2. The zero-order chi connectivity index (χ0) is 13.4. The van der Waals surface area contributed by atoms with Crippen LogP contribution in [0.15, 0.2) is 18.2 Å². The molecule has 0 saturated heterocycles. The number of hydrogen-bond donors (Lipinski definition) is 1. The van der Waals surface area contributed by atoms with Crippen LogP contribution in [-0.4, -0.2) is 25.8 Å². The molecule has 1 N–H and O–H groups in total. The number of benzene rings is 1. The standard InChI is InChI=1S/C14H21ClFNO/c1-3-17-13(7-8-18-4-2)10-11-9-12(15)5-6-14(11)16/h5-6,9,13,17H,3-4,7-8,10H2,1-2H3. The Balaban J connectivity index is 2.60. The third-order valence-corrected chi connectivity index (χ3v) is 3.02. The first-order valence-corrected chi connectivity index (χ1v) is 6.80. The molecule has 0 radical (unpaired) electrons. The highest BCUT2D eigenvalue weighted by atomic mass is 35.5. The van der Waals surface area contributed by atoms with Crippen molar-refractivity contribution < 1.29 is 9.13 Å². The predicted octanol–water partition coefficient (Wildman–Crippen LogP) is 3.43. The van der Waals surface area contributed by atoms with E-state index in [0.29, 0.717) is 30.2 Å². The first-order chi connectivity index (χ1) is 8.67. The molecule has 0 aromatic heterocycles. The lowest BCUT2D eigenvalue weighted by atomic mass is 10.0. The van der Waals surface area contributed by atoms with E-state index in [1.165, 1.54) is 6.07 Å². The van der Waals surface area contributed by atoms with Gasteiger partial charge in [-0.25, -0.2) is 4.39 Å². The Hall–Kier alpha value is -0.640. The van der Waals surface area contributed by atoms with Gasteiger partial charge in [0.1, 0.15) is 5.82 Å². The number of likely N-dealkylation sites (N-methyl/N-ethyl adjacent to an activating group) is 1. The summed E-state index contributed by atoms with van der Waals surface area (Å²) in [5, 5.41) is 3.92. The summed E-state index contributed by atoms with van der Waals surface area (Å²) >= 11 is 5.89. The molecule has 1 aromatic carbocycles. The van der Waals surface area contributed by atoms with Gasteiger partial charge >= 0.3 is 0 Å². The van der Waals surface area contributed by atoms with E-state index in [9.17, 15) is 4.39 Å². The Labute approximate surface area is 113 Å². The average molecular weight is 274 g/mol. The predicted molar refractivity (Wildman–Crippen MR) is 73.7 cm³/mol. The summed E-state index contributed by atoms with van der Waals surface area (Å²) in [7, 11) is 0. The van der Waals surface area contributed by atoms with E-state index in [-0.39, 0.29) is 11.9 Å². The van der Waals surface area contributed by atoms with E-state index < -0.39 is 0 Å². The van der Waals surface area contributed by atoms with Gasteiger partial charge in [-0.15, -0.1) is 0 Å². The minimum Gasteiger partial charge on any atom is -0.382 e. The topological polar surface area (TPSA) is 21.3 Å². The van der Waals surface area contributed by atoms with E-state index in [1.807, 2.05) is 13.8 Å². The lowest BCUT2D eigenvalue weighted by molar-refractivity contribution is 0.136. The second kappa shape index (κ2) is 8.46. The molecule has 4 heteroatoms. The fourth-order valence-electron chi connectivity index (χ4n) is 1.90. The largest absolute Gasteiger partial charge is 0.382 e. The van der Waals surface area contributed by atoms with Gasteiger partial charge in [-0.1, -0.05) is 18.5 Å². The summed E-state index contributed by atoms with van der Waals surface area (Å²) in [6.07, 6.45) is 1.50. The molecule has 1 atom stereocenters. The van der Waals surface area contributed by atoms with Crippen LogP contribution in [0.1, 0.15) is 25.8 Å². The maximum absolute atomic E-state index is 13.6. The lowest BCUT2D eigenvalue weighted by Gasteiger charge is -2.18. The third kappa shape index (κ3) is 5.34. The summed E-state index contributed by atoms with van der Waals surface area (Å²) in [6, 6.07) is 4.91. The SMILES string of the molecule is CCNC(CCOCC)Cc1cc(Cl)ccc1F. The maximum Gasteiger partial charge on any atom is 0.126 e. The highest BCUT2D eigenvalue weighted by Gasteiger charge is 2.12. The Morgan fingerprint density at radius 3 is 2.83 bits per heavy atom. The molecular formula is C14H21ClFNO. The maximum atomic E-state index is 13.6. The monoisotopic (exact) mass is 273 g/mol. The van der Waals surface area contributed by atoms with E-state index in [2.05, 4.69) is 5.32 Å². The van der Waals surface area contributed by atoms with Crippen molar-refractivity contribution in [2.24, 2.45) is 0 Å². The molecule has 0 bridgehead atoms. The van der Waals surface area contributed by atoms with Crippen molar-refractivity contribution in [3.05, 3.63) is 34.6 Å². The summed E-state index contributed by atoms with van der Waals surface area (Å²) in [5.41, 5.74) is 0.657. The van der Waals surface area contributed by atoms with Crippen molar-refractivity contribution in [1.82, 2.24) is 5.32 Å². The smallest absolute Gasteiger partial charge is 0.126 e. The van der Waals surface area contributed by atoms with E-state index in [4.69, 9.17) is 16.3 Å². The molecule has 0 heterocycles. The van der Waals surface area contributed by atoms with Crippen molar-refractivity contribution in [3.63, 3.8) is 0 Å². The molecule has 1 unspecified atom stereocenters.